The van der Waals surface area contributed by atoms with Crippen molar-refractivity contribution in [2.75, 3.05) is 5.75 Å². The Morgan fingerprint density at radius 1 is 1.60 bits per heavy atom. The maximum atomic E-state index is 3.92. The lowest BCUT2D eigenvalue weighted by atomic mass is 10.6. The second-order valence-corrected chi connectivity index (χ2v) is 1.17. The normalized spacial score (nSPS) is 6.00. The van der Waals surface area contributed by atoms with Gasteiger partial charge in [0.25, 0.3) is 0 Å². The van der Waals surface area contributed by atoms with E-state index in [1.165, 1.54) is 6.42 Å². The fraction of sp³-hybridized carbons (Fsp3) is 1.00. The van der Waals surface area contributed by atoms with Gasteiger partial charge in [-0.15, -0.1) is 0 Å². The molecule has 0 nitrogen and oxygen atoms in total. The van der Waals surface area contributed by atoms with Crippen LogP contribution in [0.15, 0.2) is 0 Å². The van der Waals surface area contributed by atoms with Crippen LogP contribution in [0.2, 0.25) is 0 Å². The van der Waals surface area contributed by atoms with Gasteiger partial charge in [-0.25, -0.2) is 0 Å². The molecule has 0 N–H and O–H groups in total. The zero-order valence-corrected chi connectivity index (χ0v) is 4.16. The molecule has 0 heterocycles. The third-order valence-electron chi connectivity index (χ3n) is 0.224. The highest BCUT2D eigenvalue weighted by atomic mass is 32.1. The molecule has 0 bridgehead atoms. The van der Waals surface area contributed by atoms with E-state index in [2.05, 4.69) is 19.6 Å². The molecule has 5 heavy (non-hydrogen) atoms. The van der Waals surface area contributed by atoms with E-state index in [1.54, 1.807) is 0 Å². The van der Waals surface area contributed by atoms with E-state index < -0.39 is 0 Å². The minimum atomic E-state index is 0. The first-order valence-electron chi connectivity index (χ1n) is 1.52. The van der Waals surface area contributed by atoms with Crippen molar-refractivity contribution in [2.45, 2.75) is 13.3 Å². The first-order valence-corrected chi connectivity index (χ1v) is 2.16. The highest BCUT2D eigenvalue weighted by Crippen LogP contribution is 1.74. The number of thiol groups is 1. The molecule has 0 aliphatic carbocycles. The van der Waals surface area contributed by atoms with Crippen LogP contribution in [-0.2, 0) is 0 Å². The molecule has 0 aliphatic rings. The Morgan fingerprint density at radius 3 is 1.80 bits per heavy atom. The molecule has 0 amide bonds. The highest BCUT2D eigenvalue weighted by molar-refractivity contribution is 7.80. The standard InChI is InChI=1S/C3H8S.FH/c1-2-3-4;/h4H,2-3H2,1H3;1H. The van der Waals surface area contributed by atoms with Gasteiger partial charge in [-0.05, 0) is 12.2 Å². The quantitative estimate of drug-likeness (QED) is 0.470. The maximum Gasteiger partial charge on any atom is -0.0101 e. The molecule has 2 heteroatoms. The van der Waals surface area contributed by atoms with E-state index in [4.69, 9.17) is 0 Å². The van der Waals surface area contributed by atoms with E-state index in [9.17, 15) is 0 Å². The summed E-state index contributed by atoms with van der Waals surface area (Å²) in [6.07, 6.45) is 1.18. The van der Waals surface area contributed by atoms with E-state index in [0.29, 0.717) is 0 Å². The highest BCUT2D eigenvalue weighted by Gasteiger charge is 1.57. The summed E-state index contributed by atoms with van der Waals surface area (Å²) >= 11 is 3.92. The lowest BCUT2D eigenvalue weighted by Crippen LogP contribution is -1.56. The molecule has 0 atom stereocenters. The van der Waals surface area contributed by atoms with Crippen LogP contribution in [0.25, 0.3) is 0 Å². The zero-order chi connectivity index (χ0) is 3.41. The van der Waals surface area contributed by atoms with Crippen molar-refractivity contribution in [2.24, 2.45) is 0 Å². The molecule has 0 saturated carbocycles. The van der Waals surface area contributed by atoms with Gasteiger partial charge in [0.05, 0.1) is 0 Å². The minimum Gasteiger partial charge on any atom is -0.269 e. The summed E-state index contributed by atoms with van der Waals surface area (Å²) < 4.78 is 0. The average molecular weight is 96.2 g/mol. The molecular formula is C3H9FS. The molecule has 0 saturated heterocycles. The lowest BCUT2D eigenvalue weighted by molar-refractivity contribution is 1.11. The summed E-state index contributed by atoms with van der Waals surface area (Å²) in [5, 5.41) is 0. The average Bonchev–Trinajstić information content (AvgIpc) is 1.37. The second-order valence-electron chi connectivity index (χ2n) is 0.724. The van der Waals surface area contributed by atoms with Crippen molar-refractivity contribution in [1.29, 1.82) is 0 Å². The fourth-order valence-electron chi connectivity index (χ4n) is 0. The van der Waals surface area contributed by atoms with Gasteiger partial charge in [-0.1, -0.05) is 6.92 Å². The molecule has 0 unspecified atom stereocenters. The molecule has 0 spiro atoms. The summed E-state index contributed by atoms with van der Waals surface area (Å²) in [4.78, 5) is 0. The molecule has 0 aromatic carbocycles. The molecule has 34 valence electrons. The first-order chi connectivity index (χ1) is 1.91. The lowest BCUT2D eigenvalue weighted by Gasteiger charge is -1.67. The number of hydrogen-bond donors (Lipinski definition) is 1. The van der Waals surface area contributed by atoms with Gasteiger partial charge >= 0.3 is 0 Å². The monoisotopic (exact) mass is 96.0 g/mol. The summed E-state index contributed by atoms with van der Waals surface area (Å²) in [5.41, 5.74) is 0. The summed E-state index contributed by atoms with van der Waals surface area (Å²) in [6.45, 7) is 2.10. The van der Waals surface area contributed by atoms with E-state index >= 15 is 0 Å². The van der Waals surface area contributed by atoms with Crippen LogP contribution in [0.5, 0.6) is 0 Å². The van der Waals surface area contributed by atoms with Gasteiger partial charge in [0.1, 0.15) is 0 Å². The van der Waals surface area contributed by atoms with E-state index in [1.807, 2.05) is 0 Å². The predicted molar refractivity (Wildman–Crippen MR) is 26.6 cm³/mol. The Hall–Kier alpha value is 0.280. The van der Waals surface area contributed by atoms with Crippen LogP contribution in [-0.4, -0.2) is 5.75 Å². The van der Waals surface area contributed by atoms with Crippen molar-refractivity contribution in [3.8, 4) is 0 Å². The van der Waals surface area contributed by atoms with Crippen LogP contribution < -0.4 is 0 Å². The third-order valence-corrected chi connectivity index (χ3v) is 0.671. The van der Waals surface area contributed by atoms with Gasteiger partial charge in [-0.2, -0.15) is 12.6 Å². The predicted octanol–water partition coefficient (Wildman–Crippen LogP) is 1.48. The first kappa shape index (κ1) is 8.99. The molecule has 0 fully saturated rings. The zero-order valence-electron chi connectivity index (χ0n) is 3.27. The molecule has 0 aromatic heterocycles. The van der Waals surface area contributed by atoms with E-state index in [-0.39, 0.29) is 4.70 Å². The minimum absolute atomic E-state index is 0. The van der Waals surface area contributed by atoms with Gasteiger partial charge in [0.15, 0.2) is 0 Å². The molecule has 0 aliphatic heterocycles. The van der Waals surface area contributed by atoms with Crippen molar-refractivity contribution in [1.82, 2.24) is 0 Å². The number of rotatable bonds is 1. The van der Waals surface area contributed by atoms with Crippen molar-refractivity contribution >= 4 is 12.6 Å². The summed E-state index contributed by atoms with van der Waals surface area (Å²) in [6, 6.07) is 0. The number of halogens is 1. The largest absolute Gasteiger partial charge is 0.269 e. The molecule has 0 rings (SSSR count). The molecule has 0 radical (unpaired) electrons. The number of hydrogen-bond acceptors (Lipinski definition) is 1. The SMILES string of the molecule is CCCS.F. The maximum absolute atomic E-state index is 3.92. The Morgan fingerprint density at radius 2 is 1.80 bits per heavy atom. The Kier molecular flexibility index (Phi) is 15.9. The third kappa shape index (κ3) is 13.6. The Bertz CT molecular complexity index is 8.85. The van der Waals surface area contributed by atoms with Crippen molar-refractivity contribution < 1.29 is 4.70 Å². The van der Waals surface area contributed by atoms with Gasteiger partial charge in [-0.3, -0.25) is 4.70 Å². The Labute approximate surface area is 37.4 Å². The van der Waals surface area contributed by atoms with Crippen LogP contribution >= 0.6 is 12.6 Å². The van der Waals surface area contributed by atoms with Crippen molar-refractivity contribution in [3.63, 3.8) is 0 Å². The fourth-order valence-corrected chi connectivity index (χ4v) is 0. The molecular weight excluding hydrogens is 87.1 g/mol. The van der Waals surface area contributed by atoms with Gasteiger partial charge < -0.3 is 0 Å². The van der Waals surface area contributed by atoms with Crippen LogP contribution in [0.1, 0.15) is 13.3 Å². The van der Waals surface area contributed by atoms with Crippen molar-refractivity contribution in [3.05, 3.63) is 0 Å². The van der Waals surface area contributed by atoms with Crippen LogP contribution in [0.3, 0.4) is 0 Å². The van der Waals surface area contributed by atoms with Crippen LogP contribution in [0, 0.1) is 0 Å². The Balaban J connectivity index is 0. The second kappa shape index (κ2) is 8.86. The summed E-state index contributed by atoms with van der Waals surface area (Å²) in [7, 11) is 0. The van der Waals surface area contributed by atoms with Crippen LogP contribution in [0.4, 0.5) is 4.70 Å². The van der Waals surface area contributed by atoms with E-state index in [0.717, 1.165) is 5.75 Å². The summed E-state index contributed by atoms with van der Waals surface area (Å²) in [5.74, 6) is 1.01. The smallest absolute Gasteiger partial charge is 0.0101 e. The van der Waals surface area contributed by atoms with Gasteiger partial charge in [0.2, 0.25) is 0 Å². The topological polar surface area (TPSA) is 0 Å². The molecule has 0 aromatic rings. The van der Waals surface area contributed by atoms with Gasteiger partial charge in [0, 0.05) is 0 Å².